The summed E-state index contributed by atoms with van der Waals surface area (Å²) in [4.78, 5) is 25.0. The molecule has 0 heterocycles. The Morgan fingerprint density at radius 3 is 2.23 bits per heavy atom. The van der Waals surface area contributed by atoms with Crippen LogP contribution in [0.5, 0.6) is 0 Å². The number of carbonyl (C=O) groups excluding carboxylic acids is 2. The summed E-state index contributed by atoms with van der Waals surface area (Å²) in [7, 11) is -3.62. The normalized spacial score (nSPS) is 20.1. The van der Waals surface area contributed by atoms with E-state index < -0.39 is 15.6 Å². The summed E-state index contributed by atoms with van der Waals surface area (Å²) in [6.45, 7) is 9.87. The Morgan fingerprint density at radius 1 is 1.10 bits per heavy atom. The average Bonchev–Trinajstić information content (AvgIpc) is 2.68. The summed E-state index contributed by atoms with van der Waals surface area (Å²) in [6.07, 6.45) is 2.70. The van der Waals surface area contributed by atoms with Gasteiger partial charge in [0.25, 0.3) is 5.91 Å². The summed E-state index contributed by atoms with van der Waals surface area (Å²) in [5.41, 5.74) is -0.184. The maximum absolute atomic E-state index is 12.7. The minimum Gasteiger partial charge on any atom is -0.460 e. The van der Waals surface area contributed by atoms with Gasteiger partial charge in [0.2, 0.25) is 10.0 Å². The van der Waals surface area contributed by atoms with E-state index in [1.165, 1.54) is 16.4 Å². The highest BCUT2D eigenvalue weighted by Gasteiger charge is 2.31. The first-order valence-electron chi connectivity index (χ1n) is 10.6. The zero-order chi connectivity index (χ0) is 22.5. The van der Waals surface area contributed by atoms with E-state index in [4.69, 9.17) is 4.74 Å². The van der Waals surface area contributed by atoms with Gasteiger partial charge in [0.15, 0.2) is 0 Å². The lowest BCUT2D eigenvalue weighted by Gasteiger charge is -2.30. The first-order valence-corrected chi connectivity index (χ1v) is 12.1. The molecule has 1 aliphatic rings. The minimum absolute atomic E-state index is 0.0424. The molecule has 1 aliphatic carbocycles. The van der Waals surface area contributed by atoms with E-state index in [0.717, 1.165) is 0 Å². The lowest BCUT2D eigenvalue weighted by atomic mass is 9.86. The lowest BCUT2D eigenvalue weighted by Crippen LogP contribution is -2.40. The molecular formula is C22H34N2O5S. The predicted octanol–water partition coefficient (Wildman–Crippen LogP) is 3.35. The van der Waals surface area contributed by atoms with Gasteiger partial charge in [0.05, 0.1) is 10.8 Å². The van der Waals surface area contributed by atoms with E-state index in [0.29, 0.717) is 44.3 Å². The number of hydrogen-bond donors (Lipinski definition) is 1. The molecule has 1 saturated carbocycles. The smallest absolute Gasteiger partial charge is 0.309 e. The van der Waals surface area contributed by atoms with Gasteiger partial charge in [-0.05, 0) is 64.7 Å². The van der Waals surface area contributed by atoms with E-state index in [1.54, 1.807) is 26.0 Å². The number of hydrogen-bond acceptors (Lipinski definition) is 5. The van der Waals surface area contributed by atoms with Crippen molar-refractivity contribution in [3.8, 4) is 0 Å². The molecule has 1 N–H and O–H groups in total. The van der Waals surface area contributed by atoms with E-state index in [2.05, 4.69) is 5.32 Å². The third kappa shape index (κ3) is 6.28. The summed E-state index contributed by atoms with van der Waals surface area (Å²) in [5.74, 6) is -0.617. The van der Waals surface area contributed by atoms with Crippen LogP contribution in [0.1, 0.15) is 70.7 Å². The molecular weight excluding hydrogens is 404 g/mol. The Hall–Kier alpha value is -1.93. The molecule has 1 aromatic carbocycles. The van der Waals surface area contributed by atoms with Gasteiger partial charge in [-0.1, -0.05) is 19.9 Å². The second-order valence-corrected chi connectivity index (χ2v) is 10.6. The highest BCUT2D eigenvalue weighted by Crippen LogP contribution is 2.27. The number of amides is 1. The van der Waals surface area contributed by atoms with Crippen LogP contribution >= 0.6 is 0 Å². The molecule has 168 valence electrons. The van der Waals surface area contributed by atoms with Crippen LogP contribution in [0.25, 0.3) is 0 Å². The molecule has 1 aromatic rings. The van der Waals surface area contributed by atoms with Gasteiger partial charge in [-0.3, -0.25) is 9.59 Å². The number of nitrogens with zero attached hydrogens (tertiary/aromatic N) is 1. The van der Waals surface area contributed by atoms with E-state index in [-0.39, 0.29) is 28.7 Å². The predicted molar refractivity (Wildman–Crippen MR) is 116 cm³/mol. The number of sulfonamides is 1. The molecule has 0 bridgehead atoms. The number of carbonyl (C=O) groups is 2. The van der Waals surface area contributed by atoms with Gasteiger partial charge in [-0.15, -0.1) is 0 Å². The van der Waals surface area contributed by atoms with Gasteiger partial charge in [-0.25, -0.2) is 8.42 Å². The molecule has 2 rings (SSSR count). The van der Waals surface area contributed by atoms with Crippen LogP contribution in [-0.4, -0.2) is 49.3 Å². The van der Waals surface area contributed by atoms with Crippen LogP contribution < -0.4 is 5.32 Å². The summed E-state index contributed by atoms with van der Waals surface area (Å²) >= 11 is 0. The summed E-state index contributed by atoms with van der Waals surface area (Å²) in [6, 6.07) is 6.10. The van der Waals surface area contributed by atoms with Gasteiger partial charge >= 0.3 is 5.97 Å². The largest absolute Gasteiger partial charge is 0.460 e. The molecule has 1 amide bonds. The monoisotopic (exact) mass is 438 g/mol. The second kappa shape index (κ2) is 9.92. The van der Waals surface area contributed by atoms with Crippen molar-refractivity contribution in [2.24, 2.45) is 5.92 Å². The topological polar surface area (TPSA) is 92.8 Å². The van der Waals surface area contributed by atoms with E-state index >= 15 is 0 Å². The van der Waals surface area contributed by atoms with Gasteiger partial charge < -0.3 is 10.1 Å². The summed E-state index contributed by atoms with van der Waals surface area (Å²) < 4.78 is 32.2. The van der Waals surface area contributed by atoms with Crippen LogP contribution in [0.15, 0.2) is 29.2 Å². The maximum atomic E-state index is 12.7. The third-order valence-electron chi connectivity index (χ3n) is 5.24. The van der Waals surface area contributed by atoms with Crippen molar-refractivity contribution < 1.29 is 22.7 Å². The van der Waals surface area contributed by atoms with Crippen molar-refractivity contribution in [2.75, 3.05) is 13.1 Å². The van der Waals surface area contributed by atoms with Gasteiger partial charge in [0, 0.05) is 24.7 Å². The van der Waals surface area contributed by atoms with Gasteiger partial charge in [-0.2, -0.15) is 4.31 Å². The Balaban J connectivity index is 1.99. The fourth-order valence-electron chi connectivity index (χ4n) is 3.64. The van der Waals surface area contributed by atoms with Gasteiger partial charge in [0.1, 0.15) is 5.60 Å². The molecule has 30 heavy (non-hydrogen) atoms. The van der Waals surface area contributed by atoms with Crippen molar-refractivity contribution in [1.82, 2.24) is 9.62 Å². The highest BCUT2D eigenvalue weighted by atomic mass is 32.2. The molecule has 0 saturated heterocycles. The number of nitrogens with one attached hydrogen (secondary N) is 1. The van der Waals surface area contributed by atoms with Crippen molar-refractivity contribution in [3.05, 3.63) is 29.8 Å². The minimum atomic E-state index is -3.62. The molecule has 0 aliphatic heterocycles. The quantitative estimate of drug-likeness (QED) is 0.659. The number of esters is 1. The fourth-order valence-corrected chi connectivity index (χ4v) is 5.14. The molecule has 7 nitrogen and oxygen atoms in total. The summed E-state index contributed by atoms with van der Waals surface area (Å²) in [5, 5.41) is 2.98. The van der Waals surface area contributed by atoms with Crippen molar-refractivity contribution in [2.45, 2.75) is 76.8 Å². The van der Waals surface area contributed by atoms with Crippen LogP contribution in [0.3, 0.4) is 0 Å². The first kappa shape index (κ1) is 24.3. The highest BCUT2D eigenvalue weighted by molar-refractivity contribution is 7.89. The molecule has 0 spiro atoms. The van der Waals surface area contributed by atoms with E-state index in [1.807, 2.05) is 20.8 Å². The standard InChI is InChI=1S/C22H34N2O5S/c1-6-24(7-2)30(27,28)19-10-8-9-17(15-19)20(25)23-18-13-11-16(12-14-18)21(26)29-22(3,4)5/h8-10,15-16,18H,6-7,11-14H2,1-5H3,(H,23,25). The third-order valence-corrected chi connectivity index (χ3v) is 7.29. The Labute approximate surface area is 180 Å². The number of benzene rings is 1. The SMILES string of the molecule is CCN(CC)S(=O)(=O)c1cccc(C(=O)NC2CCC(C(=O)OC(C)(C)C)CC2)c1. The molecule has 0 radical (unpaired) electrons. The average molecular weight is 439 g/mol. The molecule has 0 unspecified atom stereocenters. The first-order chi connectivity index (χ1) is 14.0. The fraction of sp³-hybridized carbons (Fsp3) is 0.636. The Kier molecular flexibility index (Phi) is 8.05. The zero-order valence-corrected chi connectivity index (χ0v) is 19.4. The van der Waals surface area contributed by atoms with Crippen molar-refractivity contribution in [3.63, 3.8) is 0 Å². The van der Waals surface area contributed by atoms with Crippen molar-refractivity contribution >= 4 is 21.9 Å². The second-order valence-electron chi connectivity index (χ2n) is 8.67. The van der Waals surface area contributed by atoms with E-state index in [9.17, 15) is 18.0 Å². The van der Waals surface area contributed by atoms with Crippen LogP contribution in [0.2, 0.25) is 0 Å². The zero-order valence-electron chi connectivity index (χ0n) is 18.6. The number of rotatable bonds is 7. The molecule has 1 fully saturated rings. The Bertz CT molecular complexity index is 849. The number of ether oxygens (including phenoxy) is 1. The maximum Gasteiger partial charge on any atom is 0.309 e. The van der Waals surface area contributed by atoms with Crippen LogP contribution in [0, 0.1) is 5.92 Å². The van der Waals surface area contributed by atoms with Crippen LogP contribution in [0.4, 0.5) is 0 Å². The lowest BCUT2D eigenvalue weighted by molar-refractivity contribution is -0.161. The molecule has 0 aromatic heterocycles. The Morgan fingerprint density at radius 2 is 1.70 bits per heavy atom. The molecule has 0 atom stereocenters. The van der Waals surface area contributed by atoms with Crippen LogP contribution in [-0.2, 0) is 19.6 Å². The van der Waals surface area contributed by atoms with Crippen molar-refractivity contribution in [1.29, 1.82) is 0 Å². The molecule has 8 heteroatoms.